The molecule has 4 aromatic rings. The Kier molecular flexibility index (Phi) is 14.3. The summed E-state index contributed by atoms with van der Waals surface area (Å²) >= 11 is 0. The molecular formula is C46H60F2N8O5. The molecule has 4 unspecified atom stereocenters. The molecule has 3 N–H and O–H groups in total. The van der Waals surface area contributed by atoms with Crippen LogP contribution in [0.4, 0.5) is 20.2 Å². The van der Waals surface area contributed by atoms with Gasteiger partial charge in [-0.25, -0.2) is 13.8 Å². The topological polar surface area (TPSA) is 150 Å². The quantitative estimate of drug-likeness (QED) is 0.214. The molecule has 61 heavy (non-hydrogen) atoms. The minimum atomic E-state index is -0.762. The first-order chi connectivity index (χ1) is 29.7. The molecule has 6 heterocycles. The first-order valence-corrected chi connectivity index (χ1v) is 22.2. The molecule has 0 spiro atoms. The Labute approximate surface area is 356 Å². The van der Waals surface area contributed by atoms with Crippen molar-refractivity contribution in [3.8, 4) is 0 Å². The minimum Gasteiger partial charge on any atom is -0.480 e. The molecule has 13 nitrogen and oxygen atoms in total. The fourth-order valence-corrected chi connectivity index (χ4v) is 9.79. The summed E-state index contributed by atoms with van der Waals surface area (Å²) in [5.41, 5.74) is 9.67. The number of ether oxygens (including phenoxy) is 2. The van der Waals surface area contributed by atoms with Crippen molar-refractivity contribution >= 4 is 45.1 Å². The fourth-order valence-electron chi connectivity index (χ4n) is 9.79. The van der Waals surface area contributed by atoms with Gasteiger partial charge in [-0.3, -0.25) is 29.4 Å². The zero-order valence-electron chi connectivity index (χ0n) is 35.1. The van der Waals surface area contributed by atoms with Crippen LogP contribution in [0.1, 0.15) is 44.9 Å². The summed E-state index contributed by atoms with van der Waals surface area (Å²) in [6.07, 6.45) is 12.9. The number of benzene rings is 2. The Morgan fingerprint density at radius 2 is 1.21 bits per heavy atom. The van der Waals surface area contributed by atoms with Crippen molar-refractivity contribution < 1.29 is 33.0 Å². The summed E-state index contributed by atoms with van der Waals surface area (Å²) in [4.78, 5) is 44.5. The second-order valence-electron chi connectivity index (χ2n) is 17.8. The molecule has 6 aliphatic rings. The van der Waals surface area contributed by atoms with E-state index in [1.54, 1.807) is 12.4 Å². The maximum Gasteiger partial charge on any atom is 0.317 e. The number of nitrogens with zero attached hydrogens (tertiary/aromatic N) is 7. The second kappa shape index (κ2) is 20.2. The number of carbonyl (C=O) groups excluding carboxylic acids is 1. The number of carboxylic acid groups (broad SMARTS) is 1. The summed E-state index contributed by atoms with van der Waals surface area (Å²) in [5.74, 6) is 2.23. The number of pyridine rings is 1. The number of anilines is 2. The van der Waals surface area contributed by atoms with Crippen LogP contribution in [-0.2, 0) is 19.1 Å². The molecule has 2 aliphatic carbocycles. The summed E-state index contributed by atoms with van der Waals surface area (Å²) in [5, 5.41) is 9.25. The van der Waals surface area contributed by atoms with Crippen molar-refractivity contribution in [3.05, 3.63) is 66.6 Å². The van der Waals surface area contributed by atoms with Gasteiger partial charge in [0.1, 0.15) is 28.2 Å². The number of morpholine rings is 2. The van der Waals surface area contributed by atoms with Crippen LogP contribution in [0.25, 0.3) is 21.9 Å². The smallest absolute Gasteiger partial charge is 0.317 e. The lowest BCUT2D eigenvalue weighted by Crippen LogP contribution is -2.47. The number of halogens is 2. The van der Waals surface area contributed by atoms with Crippen molar-refractivity contribution in [2.75, 3.05) is 102 Å². The number of fused-ring (bicyclic) bond motifs is 2. The number of carbonyl (C=O) groups is 2. The first-order valence-electron chi connectivity index (χ1n) is 22.2. The van der Waals surface area contributed by atoms with Crippen LogP contribution in [0.15, 0.2) is 55.0 Å². The lowest BCUT2D eigenvalue weighted by atomic mass is 9.83. The Morgan fingerprint density at radius 1 is 0.656 bits per heavy atom. The molecule has 6 fully saturated rings. The van der Waals surface area contributed by atoms with E-state index >= 15 is 0 Å². The number of hydrogen-bond donors (Lipinski definition) is 2. The van der Waals surface area contributed by atoms with E-state index in [1.165, 1.54) is 44.0 Å². The number of aliphatic carboxylic acids is 1. The molecule has 0 radical (unpaired) electrons. The van der Waals surface area contributed by atoms with Crippen LogP contribution in [0.5, 0.6) is 0 Å². The van der Waals surface area contributed by atoms with Crippen LogP contribution in [0.2, 0.25) is 0 Å². The summed E-state index contributed by atoms with van der Waals surface area (Å²) in [6.45, 7) is 10.3. The molecule has 4 atom stereocenters. The molecule has 0 amide bonds. The SMILES string of the molecule is NC1CC(C2CC2)CN(c2ccc(F)c3nccnc23)C1.O=C(CC1CC(C2CC2)CN(c2ccc(F)c3ncccc23)C1)CN1CCOCC1.O=C(O)CN1CCOCC1. The first kappa shape index (κ1) is 43.2. The number of hydrogen-bond acceptors (Lipinski definition) is 12. The van der Waals surface area contributed by atoms with E-state index in [4.69, 9.17) is 20.3 Å². The molecule has 10 rings (SSSR count). The fraction of sp³-hybridized carbons (Fsp3) is 0.587. The van der Waals surface area contributed by atoms with E-state index in [1.807, 2.05) is 29.2 Å². The number of nitrogens with two attached hydrogens (primary N) is 1. The molecule has 2 saturated carbocycles. The standard InChI is InChI=1S/C24H30FN3O2.C16H19FN4.C6H11NO3/c25-22-5-6-23(21-2-1-7-26-24(21)22)28-14-17(12-19(15-28)18-3-4-18)13-20(29)16-27-8-10-30-11-9-27;17-13-3-4-14(16-15(13)19-5-6-20-16)21-8-11(10-1-2-10)7-12(18)9-21;8-6(9)5-7-1-3-10-4-2-7/h1-2,5-7,17-19H,3-4,8-16H2;3-6,10-12H,1-2,7-9,18H2;1-5H2,(H,8,9). The van der Waals surface area contributed by atoms with Crippen molar-refractivity contribution in [2.24, 2.45) is 35.3 Å². The number of carboxylic acids is 1. The highest BCUT2D eigenvalue weighted by Gasteiger charge is 2.39. The Balaban J connectivity index is 0.000000143. The molecule has 4 saturated heterocycles. The average Bonchev–Trinajstić information content (AvgIpc) is 4.20. The monoisotopic (exact) mass is 842 g/mol. The van der Waals surface area contributed by atoms with Gasteiger partial charge in [0.15, 0.2) is 5.82 Å². The summed E-state index contributed by atoms with van der Waals surface area (Å²) in [6, 6.07) is 10.7. The van der Waals surface area contributed by atoms with Crippen molar-refractivity contribution in [1.29, 1.82) is 0 Å². The molecular weight excluding hydrogens is 783 g/mol. The Bertz CT molecular complexity index is 2110. The summed E-state index contributed by atoms with van der Waals surface area (Å²) in [7, 11) is 0. The molecule has 2 aromatic carbocycles. The van der Waals surface area contributed by atoms with Gasteiger partial charge in [-0.05, 0) is 105 Å². The predicted octanol–water partition coefficient (Wildman–Crippen LogP) is 5.25. The van der Waals surface area contributed by atoms with Gasteiger partial charge in [-0.15, -0.1) is 0 Å². The predicted molar refractivity (Wildman–Crippen MR) is 231 cm³/mol. The third-order valence-corrected chi connectivity index (χ3v) is 13.1. The Hall–Kier alpha value is -4.41. The van der Waals surface area contributed by atoms with Gasteiger partial charge < -0.3 is 30.1 Å². The van der Waals surface area contributed by atoms with E-state index in [-0.39, 0.29) is 24.2 Å². The van der Waals surface area contributed by atoms with Crippen LogP contribution in [0.3, 0.4) is 0 Å². The van der Waals surface area contributed by atoms with Crippen LogP contribution < -0.4 is 15.5 Å². The van der Waals surface area contributed by atoms with Crippen molar-refractivity contribution in [1.82, 2.24) is 24.8 Å². The van der Waals surface area contributed by atoms with E-state index in [9.17, 15) is 18.4 Å². The highest BCUT2D eigenvalue weighted by Crippen LogP contribution is 2.45. The van der Waals surface area contributed by atoms with Gasteiger partial charge >= 0.3 is 5.97 Å². The van der Waals surface area contributed by atoms with Gasteiger partial charge in [0.2, 0.25) is 0 Å². The van der Waals surface area contributed by atoms with E-state index in [2.05, 4.69) is 29.7 Å². The van der Waals surface area contributed by atoms with E-state index in [0.29, 0.717) is 66.3 Å². The number of piperidine rings is 2. The average molecular weight is 843 g/mol. The lowest BCUT2D eigenvalue weighted by molar-refractivity contribution is -0.139. The molecule has 4 aliphatic heterocycles. The van der Waals surface area contributed by atoms with Crippen LogP contribution in [-0.4, -0.2) is 140 Å². The van der Waals surface area contributed by atoms with Gasteiger partial charge in [0, 0.05) is 94.5 Å². The lowest BCUT2D eigenvalue weighted by Gasteiger charge is -2.40. The zero-order chi connectivity index (χ0) is 42.3. The molecule has 0 bridgehead atoms. The highest BCUT2D eigenvalue weighted by atomic mass is 19.1. The molecule has 15 heteroatoms. The molecule has 328 valence electrons. The van der Waals surface area contributed by atoms with Crippen molar-refractivity contribution in [2.45, 2.75) is 51.0 Å². The van der Waals surface area contributed by atoms with Gasteiger partial charge in [0.25, 0.3) is 0 Å². The van der Waals surface area contributed by atoms with Crippen molar-refractivity contribution in [3.63, 3.8) is 0 Å². The number of ketones is 1. The van der Waals surface area contributed by atoms with Crippen LogP contribution in [0, 0.1) is 41.2 Å². The van der Waals surface area contributed by atoms with E-state index in [0.717, 1.165) is 107 Å². The van der Waals surface area contributed by atoms with Crippen LogP contribution >= 0.6 is 0 Å². The van der Waals surface area contributed by atoms with Gasteiger partial charge in [-0.1, -0.05) is 0 Å². The Morgan fingerprint density at radius 3 is 1.85 bits per heavy atom. The largest absolute Gasteiger partial charge is 0.480 e. The van der Waals surface area contributed by atoms with Gasteiger partial charge in [0.05, 0.1) is 45.2 Å². The summed E-state index contributed by atoms with van der Waals surface area (Å²) < 4.78 is 38.6. The molecule has 2 aromatic heterocycles. The number of rotatable bonds is 10. The van der Waals surface area contributed by atoms with E-state index < -0.39 is 5.97 Å². The maximum atomic E-state index is 14.3. The number of aromatic nitrogens is 3. The third-order valence-electron chi connectivity index (χ3n) is 13.1. The highest BCUT2D eigenvalue weighted by molar-refractivity contribution is 5.92. The second-order valence-corrected chi connectivity index (χ2v) is 17.8. The third kappa shape index (κ3) is 11.5. The number of Topliss-reactive ketones (excluding diaryl/α,β-unsaturated/α-hetero) is 1. The zero-order valence-corrected chi connectivity index (χ0v) is 35.1. The minimum absolute atomic E-state index is 0.142. The normalized spacial score (nSPS) is 25.0. The maximum absolute atomic E-state index is 14.3. The van der Waals surface area contributed by atoms with Gasteiger partial charge in [-0.2, -0.15) is 0 Å².